The van der Waals surface area contributed by atoms with Gasteiger partial charge < -0.3 is 63.1 Å². The molecule has 368 valence electrons. The maximum absolute atomic E-state index is 13.5. The number of hydrogen-bond acceptors (Lipinski definition) is 16. The van der Waals surface area contributed by atoms with Crippen molar-refractivity contribution in [1.29, 1.82) is 0 Å². The van der Waals surface area contributed by atoms with Crippen LogP contribution in [0.25, 0.3) is 5.00 Å². The average molecular weight is 976 g/mol. The van der Waals surface area contributed by atoms with E-state index in [1.165, 1.54) is 4.88 Å². The lowest BCUT2D eigenvalue weighted by atomic mass is 9.99. The molecule has 0 unspecified atom stereocenters. The molecule has 0 saturated carbocycles. The van der Waals surface area contributed by atoms with E-state index in [1.807, 2.05) is 35.8 Å². The molecule has 1 aliphatic heterocycles. The molecule has 3 N–H and O–H groups in total. The van der Waals surface area contributed by atoms with Crippen molar-refractivity contribution in [3.05, 3.63) is 86.8 Å². The normalized spacial score (nSPS) is 13.2. The minimum atomic E-state index is -1.07. The number of aliphatic imine (C=N–C) groups is 1. The molecule has 1 atom stereocenters. The quantitative estimate of drug-likeness (QED) is 0.0477. The molecule has 1 aliphatic rings. The Hall–Kier alpha value is -4.58. The molecule has 3 heterocycles. The number of carboxylic acid groups (broad SMARTS) is 1. The molecular formula is C46H63ClN6O13S. The maximum Gasteiger partial charge on any atom is 0.404 e. The second-order valence-corrected chi connectivity index (χ2v) is 16.4. The van der Waals surface area contributed by atoms with Gasteiger partial charge in [0.25, 0.3) is 0 Å². The third-order valence-electron chi connectivity index (χ3n) is 9.87. The summed E-state index contributed by atoms with van der Waals surface area (Å²) in [6.07, 6.45) is -1.00. The summed E-state index contributed by atoms with van der Waals surface area (Å²) in [5.74, 6) is 1.80. The van der Waals surface area contributed by atoms with E-state index in [1.54, 1.807) is 35.6 Å². The predicted molar refractivity (Wildman–Crippen MR) is 252 cm³/mol. The summed E-state index contributed by atoms with van der Waals surface area (Å²) in [5.41, 5.74) is 4.48. The Bertz CT molecular complexity index is 2090. The largest absolute Gasteiger partial charge is 0.491 e. The lowest BCUT2D eigenvalue weighted by Gasteiger charge is -2.13. The van der Waals surface area contributed by atoms with Gasteiger partial charge in [-0.05, 0) is 62.7 Å². The number of ether oxygens (including phenoxy) is 10. The fourth-order valence-electron chi connectivity index (χ4n) is 6.46. The van der Waals surface area contributed by atoms with Gasteiger partial charge in [-0.15, -0.1) is 21.5 Å². The van der Waals surface area contributed by atoms with Crippen LogP contribution in [0.5, 0.6) is 5.75 Å². The van der Waals surface area contributed by atoms with Crippen LogP contribution in [0, 0.1) is 20.8 Å². The van der Waals surface area contributed by atoms with E-state index in [0.717, 1.165) is 33.2 Å². The zero-order valence-electron chi connectivity index (χ0n) is 38.5. The van der Waals surface area contributed by atoms with Gasteiger partial charge in [0.2, 0.25) is 5.91 Å². The number of halogens is 1. The van der Waals surface area contributed by atoms with E-state index in [0.29, 0.717) is 148 Å². The Labute approximate surface area is 400 Å². The highest BCUT2D eigenvalue weighted by atomic mass is 35.5. The summed E-state index contributed by atoms with van der Waals surface area (Å²) in [7, 11) is 0. The van der Waals surface area contributed by atoms with E-state index < -0.39 is 12.1 Å². The summed E-state index contributed by atoms with van der Waals surface area (Å²) in [6, 6.07) is 14.2. The first-order valence-electron chi connectivity index (χ1n) is 22.3. The molecule has 19 nitrogen and oxygen atoms in total. The van der Waals surface area contributed by atoms with E-state index in [2.05, 4.69) is 34.7 Å². The van der Waals surface area contributed by atoms with Crippen molar-refractivity contribution in [3.63, 3.8) is 0 Å². The minimum absolute atomic E-state index is 0.0670. The second kappa shape index (κ2) is 30.7. The highest BCUT2D eigenvalue weighted by Crippen LogP contribution is 2.39. The SMILES string of the molecule is Cc1sc2c(c1C)C(c1ccc(Cl)cc1)=N[C@@H](CC(=O)Nc1ccc(OCCOCCOCCOCCOCCOCCOCCOCCOCCOCCNC(=O)O)cc1)c1nnc(C)n1-2. The zero-order valence-corrected chi connectivity index (χ0v) is 40.0. The third-order valence-corrected chi connectivity index (χ3v) is 11.3. The van der Waals surface area contributed by atoms with Crippen LogP contribution in [-0.2, 0) is 47.4 Å². The summed E-state index contributed by atoms with van der Waals surface area (Å²) in [5, 5.41) is 24.2. The monoisotopic (exact) mass is 974 g/mol. The second-order valence-electron chi connectivity index (χ2n) is 14.8. The van der Waals surface area contributed by atoms with Crippen LogP contribution in [0.15, 0.2) is 53.5 Å². The third kappa shape index (κ3) is 19.1. The van der Waals surface area contributed by atoms with Crippen LogP contribution in [0.1, 0.15) is 45.7 Å². The molecule has 0 aliphatic carbocycles. The molecule has 0 spiro atoms. The minimum Gasteiger partial charge on any atom is -0.491 e. The molecule has 67 heavy (non-hydrogen) atoms. The van der Waals surface area contributed by atoms with Crippen molar-refractivity contribution in [2.75, 3.05) is 137 Å². The molecule has 4 aromatic rings. The van der Waals surface area contributed by atoms with Crippen molar-refractivity contribution in [3.8, 4) is 10.8 Å². The number of benzene rings is 2. The molecule has 2 amide bonds. The molecule has 0 saturated heterocycles. The van der Waals surface area contributed by atoms with E-state index >= 15 is 0 Å². The number of carbonyl (C=O) groups is 2. The number of carbonyl (C=O) groups excluding carboxylic acids is 1. The fraction of sp³-hybridized carbons (Fsp3) is 0.543. The Balaban J connectivity index is 0.825. The van der Waals surface area contributed by atoms with E-state index in [-0.39, 0.29) is 18.9 Å². The summed E-state index contributed by atoms with van der Waals surface area (Å²) in [6.45, 7) is 14.6. The number of nitrogens with zero attached hydrogens (tertiary/aromatic N) is 4. The van der Waals surface area contributed by atoms with Gasteiger partial charge in [0.1, 0.15) is 29.2 Å². The van der Waals surface area contributed by atoms with Gasteiger partial charge in [-0.2, -0.15) is 0 Å². The number of fused-ring (bicyclic) bond motifs is 3. The van der Waals surface area contributed by atoms with Gasteiger partial charge in [0.05, 0.1) is 131 Å². The fourth-order valence-corrected chi connectivity index (χ4v) is 7.80. The van der Waals surface area contributed by atoms with Gasteiger partial charge in [-0.25, -0.2) is 4.79 Å². The van der Waals surface area contributed by atoms with Crippen molar-refractivity contribution < 1.29 is 62.1 Å². The van der Waals surface area contributed by atoms with Gasteiger partial charge in [0, 0.05) is 33.3 Å². The van der Waals surface area contributed by atoms with Crippen LogP contribution in [0.4, 0.5) is 10.5 Å². The van der Waals surface area contributed by atoms with E-state index in [4.69, 9.17) is 69.1 Å². The first-order chi connectivity index (χ1) is 32.7. The standard InChI is InChI=1S/C46H63ClN6O13S/c1-33-34(2)67-45-42(33)43(36-4-6-37(47)7-5-36)50-40(44-52-51-35(3)53(44)45)32-41(54)49-38-8-10-39(11-9-38)66-31-30-65-29-28-64-27-26-63-25-24-62-23-22-61-21-20-60-19-18-59-17-16-58-15-14-57-13-12-48-46(55)56/h4-11,40,48H,12-32H2,1-3H3,(H,49,54)(H,55,56)/t40-/m0/s1. The van der Waals surface area contributed by atoms with Crippen LogP contribution in [-0.4, -0.2) is 170 Å². The van der Waals surface area contributed by atoms with E-state index in [9.17, 15) is 9.59 Å². The smallest absolute Gasteiger partial charge is 0.404 e. The first-order valence-corrected chi connectivity index (χ1v) is 23.5. The lowest BCUT2D eigenvalue weighted by Crippen LogP contribution is -2.25. The Morgan fingerprint density at radius 3 is 1.63 bits per heavy atom. The van der Waals surface area contributed by atoms with Crippen LogP contribution in [0.2, 0.25) is 5.02 Å². The number of rotatable bonds is 35. The van der Waals surface area contributed by atoms with Crippen LogP contribution in [0.3, 0.4) is 0 Å². The van der Waals surface area contributed by atoms with Gasteiger partial charge >= 0.3 is 6.09 Å². The van der Waals surface area contributed by atoms with Crippen molar-refractivity contribution >= 4 is 46.3 Å². The number of aromatic nitrogens is 3. The molecule has 2 aromatic heterocycles. The summed E-state index contributed by atoms with van der Waals surface area (Å²) in [4.78, 5) is 30.2. The Morgan fingerprint density at radius 1 is 0.657 bits per heavy atom. The van der Waals surface area contributed by atoms with Crippen molar-refractivity contribution in [2.45, 2.75) is 33.2 Å². The molecule has 5 rings (SSSR count). The highest BCUT2D eigenvalue weighted by molar-refractivity contribution is 7.15. The molecule has 2 aromatic carbocycles. The van der Waals surface area contributed by atoms with Crippen molar-refractivity contribution in [1.82, 2.24) is 20.1 Å². The Kier molecular flexibility index (Phi) is 24.5. The van der Waals surface area contributed by atoms with Crippen LogP contribution >= 0.6 is 22.9 Å². The molecule has 0 bridgehead atoms. The van der Waals surface area contributed by atoms with Crippen LogP contribution < -0.4 is 15.4 Å². The number of aryl methyl sites for hydroxylation is 2. The summed E-state index contributed by atoms with van der Waals surface area (Å²) < 4.78 is 57.1. The molecule has 0 fully saturated rings. The predicted octanol–water partition coefficient (Wildman–Crippen LogP) is 5.62. The van der Waals surface area contributed by atoms with Gasteiger partial charge in [0.15, 0.2) is 5.82 Å². The number of nitrogens with one attached hydrogen (secondary N) is 2. The first kappa shape index (κ1) is 53.4. The maximum atomic E-state index is 13.5. The van der Waals surface area contributed by atoms with Crippen molar-refractivity contribution in [2.24, 2.45) is 4.99 Å². The molecule has 21 heteroatoms. The highest BCUT2D eigenvalue weighted by Gasteiger charge is 2.32. The lowest BCUT2D eigenvalue weighted by molar-refractivity contribution is -0.116. The topological polar surface area (TPSA) is 214 Å². The summed E-state index contributed by atoms with van der Waals surface area (Å²) >= 11 is 7.90. The van der Waals surface area contributed by atoms with Gasteiger partial charge in [-0.1, -0.05) is 23.7 Å². The molecular weight excluding hydrogens is 912 g/mol. The number of anilines is 1. The number of amides is 2. The molecule has 0 radical (unpaired) electrons. The number of thiophene rings is 1. The van der Waals surface area contributed by atoms with Gasteiger partial charge in [-0.3, -0.25) is 14.4 Å². The Morgan fingerprint density at radius 2 is 1.13 bits per heavy atom. The zero-order chi connectivity index (χ0) is 47.5. The number of hydrogen-bond donors (Lipinski definition) is 3. The average Bonchev–Trinajstić information content (AvgIpc) is 3.80.